The molecule has 0 saturated carbocycles. The van der Waals surface area contributed by atoms with Crippen molar-refractivity contribution < 1.29 is 21.0 Å². The Morgan fingerprint density at radius 3 is 1.70 bits per heavy atom. The fraction of sp³-hybridized carbons (Fsp3) is 0.355. The molecule has 0 radical (unpaired) electrons. The number of anilines is 2. The summed E-state index contributed by atoms with van der Waals surface area (Å²) in [7, 11) is 0. The number of halogens is 2. The first-order chi connectivity index (χ1) is 17.5. The van der Waals surface area contributed by atoms with Crippen LogP contribution in [0.2, 0.25) is 5.02 Å². The minimum atomic E-state index is -0.521. The monoisotopic (exact) mass is 624 g/mol. The van der Waals surface area contributed by atoms with Crippen molar-refractivity contribution in [2.24, 2.45) is 0 Å². The summed E-state index contributed by atoms with van der Waals surface area (Å²) in [6, 6.07) is 14.9. The van der Waals surface area contributed by atoms with Crippen LogP contribution >= 0.6 is 23.2 Å². The van der Waals surface area contributed by atoms with Gasteiger partial charge in [0.1, 0.15) is 0 Å². The number of hydrogen-bond donors (Lipinski definition) is 0. The summed E-state index contributed by atoms with van der Waals surface area (Å²) in [6.45, 7) is 19.0. The maximum atomic E-state index is 7.21. The normalized spacial score (nSPS) is 13.6. The molecule has 0 spiro atoms. The summed E-state index contributed by atoms with van der Waals surface area (Å²) >= 11 is 13.3. The van der Waals surface area contributed by atoms with E-state index < -0.39 is 16.2 Å². The molecule has 37 heavy (non-hydrogen) atoms. The number of rotatable bonds is 5. The van der Waals surface area contributed by atoms with Gasteiger partial charge in [-0.3, -0.25) is 0 Å². The third-order valence-electron chi connectivity index (χ3n) is 6.46. The van der Waals surface area contributed by atoms with Gasteiger partial charge in [-0.25, -0.2) is 0 Å². The first-order valence-electron chi connectivity index (χ1n) is 12.7. The topological polar surface area (TPSA) is 15.7 Å². The van der Waals surface area contributed by atoms with Gasteiger partial charge < -0.3 is 0 Å². The van der Waals surface area contributed by atoms with E-state index in [2.05, 4.69) is 75.6 Å². The molecule has 0 bridgehead atoms. The zero-order chi connectivity index (χ0) is 27.0. The van der Waals surface area contributed by atoms with Gasteiger partial charge in [0.15, 0.2) is 0 Å². The van der Waals surface area contributed by atoms with Gasteiger partial charge in [-0.2, -0.15) is 0 Å². The molecule has 1 aliphatic heterocycles. The van der Waals surface area contributed by atoms with Crippen LogP contribution in [0.4, 0.5) is 11.4 Å². The Morgan fingerprint density at radius 1 is 0.811 bits per heavy atom. The zero-order valence-corrected chi connectivity index (χ0v) is 26.2. The summed E-state index contributed by atoms with van der Waals surface area (Å²) in [5, 5.41) is 0.588. The van der Waals surface area contributed by atoms with Crippen LogP contribution in [0.25, 0.3) is 0 Å². The molecule has 3 nitrogen and oxygen atoms in total. The average molecular weight is 625 g/mol. The van der Waals surface area contributed by atoms with Crippen molar-refractivity contribution in [1.29, 1.82) is 0 Å². The van der Waals surface area contributed by atoms with Crippen LogP contribution in [-0.4, -0.2) is 27.1 Å². The SMILES string of the molecule is Cc1cc(C)c(N2CCN(c3c(C)cc(C)cc3C)[C]2=[Ru]=[C](Cl)c2cccc(Cl)c2OC(C)C)c(C)c1. The van der Waals surface area contributed by atoms with Crippen molar-refractivity contribution in [1.82, 2.24) is 0 Å². The van der Waals surface area contributed by atoms with Crippen LogP contribution < -0.4 is 14.5 Å². The van der Waals surface area contributed by atoms with Crippen LogP contribution in [0.1, 0.15) is 52.8 Å². The Balaban J connectivity index is 1.99. The Hall–Kier alpha value is -2.00. The number of hydrogen-bond acceptors (Lipinski definition) is 3. The van der Waals surface area contributed by atoms with E-state index in [1.54, 1.807) is 0 Å². The molecular weight excluding hydrogens is 588 g/mol. The van der Waals surface area contributed by atoms with Gasteiger partial charge in [0.2, 0.25) is 0 Å². The Labute approximate surface area is 239 Å². The quantitative estimate of drug-likeness (QED) is 0.269. The Bertz CT molecular complexity index is 1310. The molecule has 3 aromatic carbocycles. The molecule has 1 heterocycles. The Morgan fingerprint density at radius 2 is 1.27 bits per heavy atom. The van der Waals surface area contributed by atoms with Gasteiger partial charge in [0, 0.05) is 0 Å². The summed E-state index contributed by atoms with van der Waals surface area (Å²) in [5.74, 6) is 0.667. The molecule has 198 valence electrons. The van der Waals surface area contributed by atoms with Crippen molar-refractivity contribution in [2.45, 2.75) is 61.5 Å². The van der Waals surface area contributed by atoms with E-state index in [9.17, 15) is 0 Å². The van der Waals surface area contributed by atoms with E-state index in [0.29, 0.717) is 10.8 Å². The second kappa shape index (κ2) is 11.4. The van der Waals surface area contributed by atoms with E-state index in [-0.39, 0.29) is 6.10 Å². The first-order valence-corrected chi connectivity index (χ1v) is 15.2. The average Bonchev–Trinajstić information content (AvgIpc) is 3.16. The molecule has 3 aromatic rings. The predicted octanol–water partition coefficient (Wildman–Crippen LogP) is 7.89. The fourth-order valence-electron chi connectivity index (χ4n) is 5.34. The minimum absolute atomic E-state index is 0.00163. The van der Waals surface area contributed by atoms with Crippen LogP contribution in [0.5, 0.6) is 5.75 Å². The molecule has 0 aliphatic carbocycles. The van der Waals surface area contributed by atoms with E-state index >= 15 is 0 Å². The maximum absolute atomic E-state index is 7.21. The van der Waals surface area contributed by atoms with Crippen LogP contribution in [-0.2, 0) is 16.2 Å². The van der Waals surface area contributed by atoms with E-state index in [4.69, 9.17) is 27.9 Å². The molecule has 1 aliphatic rings. The van der Waals surface area contributed by atoms with E-state index in [1.165, 1.54) is 49.1 Å². The molecule has 4 rings (SSSR count). The summed E-state index contributed by atoms with van der Waals surface area (Å²) < 4.78 is 8.20. The van der Waals surface area contributed by atoms with Gasteiger partial charge in [0.05, 0.1) is 0 Å². The summed E-state index contributed by atoms with van der Waals surface area (Å²) in [4.78, 5) is 4.99. The third kappa shape index (κ3) is 5.87. The fourth-order valence-corrected chi connectivity index (χ4v) is 8.23. The molecule has 0 amide bonds. The van der Waals surface area contributed by atoms with Crippen molar-refractivity contribution in [3.63, 3.8) is 0 Å². The van der Waals surface area contributed by atoms with Crippen LogP contribution in [0, 0.1) is 41.5 Å². The molecule has 1 fully saturated rings. The van der Waals surface area contributed by atoms with Crippen molar-refractivity contribution in [2.75, 3.05) is 22.9 Å². The van der Waals surface area contributed by atoms with Crippen LogP contribution in [0.3, 0.4) is 0 Å². The molecule has 0 aromatic heterocycles. The number of nitrogens with zero attached hydrogens (tertiary/aromatic N) is 2. The molecule has 0 N–H and O–H groups in total. The van der Waals surface area contributed by atoms with Gasteiger partial charge in [-0.05, 0) is 0 Å². The molecular formula is C31H36Cl2N2ORu. The van der Waals surface area contributed by atoms with Crippen molar-refractivity contribution >= 4 is 42.5 Å². The number of para-hydroxylation sites is 1. The van der Waals surface area contributed by atoms with Crippen LogP contribution in [0.15, 0.2) is 42.5 Å². The zero-order valence-electron chi connectivity index (χ0n) is 22.9. The molecule has 1 saturated heterocycles. The van der Waals surface area contributed by atoms with E-state index in [0.717, 1.165) is 22.2 Å². The summed E-state index contributed by atoms with van der Waals surface area (Å²) in [6.07, 6.45) is 0.00163. The third-order valence-corrected chi connectivity index (χ3v) is 9.54. The number of aryl methyl sites for hydroxylation is 6. The molecule has 0 atom stereocenters. The first kappa shape index (κ1) is 28.0. The second-order valence-electron chi connectivity index (χ2n) is 10.2. The Kier molecular flexibility index (Phi) is 8.63. The summed E-state index contributed by atoms with van der Waals surface area (Å²) in [5.41, 5.74) is 11.2. The standard InChI is InChI=1S/C21H26N2.C10H10Cl2O.Ru/c1-14-9-16(3)20(17(4)10-14)22-7-8-23(13-22)21-18(5)11-15(2)12-19(21)6;1-7(2)13-10-8(6-11)4-3-5-9(10)12;/h9-12H,7-8H2,1-6H3;3-5,7H,1-2H3;. The van der Waals surface area contributed by atoms with Crippen molar-refractivity contribution in [3.05, 3.63) is 86.4 Å². The van der Waals surface area contributed by atoms with Gasteiger partial charge in [0.25, 0.3) is 0 Å². The van der Waals surface area contributed by atoms with Gasteiger partial charge >= 0.3 is 240 Å². The van der Waals surface area contributed by atoms with Gasteiger partial charge in [-0.15, -0.1) is 0 Å². The van der Waals surface area contributed by atoms with Crippen molar-refractivity contribution in [3.8, 4) is 5.75 Å². The van der Waals surface area contributed by atoms with Gasteiger partial charge in [-0.1, -0.05) is 0 Å². The molecule has 6 heteroatoms. The predicted molar refractivity (Wildman–Crippen MR) is 158 cm³/mol. The number of ether oxygens (including phenoxy) is 1. The molecule has 0 unspecified atom stereocenters. The number of benzene rings is 3. The van der Waals surface area contributed by atoms with E-state index in [1.807, 2.05) is 32.0 Å². The second-order valence-corrected chi connectivity index (χ2v) is 13.5.